The normalized spacial score (nSPS) is 11.0. The number of benzene rings is 3. The highest BCUT2D eigenvalue weighted by atomic mass is 19.2. The van der Waals surface area contributed by atoms with E-state index in [4.69, 9.17) is 4.74 Å². The van der Waals surface area contributed by atoms with Gasteiger partial charge in [0.2, 0.25) is 5.82 Å². The van der Waals surface area contributed by atoms with Crippen LogP contribution in [-0.4, -0.2) is 5.97 Å². The number of ether oxygens (including phenoxy) is 1. The third-order valence-electron chi connectivity index (χ3n) is 6.02. The second-order valence-corrected chi connectivity index (χ2v) is 8.63. The van der Waals surface area contributed by atoms with Crippen molar-refractivity contribution in [1.82, 2.24) is 0 Å². The number of carbonyl (C=O) groups is 1. The van der Waals surface area contributed by atoms with E-state index in [0.29, 0.717) is 24.0 Å². The Bertz CT molecular complexity index is 1160. The number of hydrogen-bond acceptors (Lipinski definition) is 2. The van der Waals surface area contributed by atoms with E-state index in [9.17, 15) is 22.4 Å². The van der Waals surface area contributed by atoms with Crippen LogP contribution in [0.15, 0.2) is 48.5 Å². The van der Waals surface area contributed by atoms with E-state index in [2.05, 4.69) is 0 Å². The Morgan fingerprint density at radius 1 is 0.657 bits per heavy atom. The van der Waals surface area contributed by atoms with Crippen LogP contribution in [-0.2, 0) is 12.8 Å². The Labute approximate surface area is 203 Å². The Morgan fingerprint density at radius 2 is 1.20 bits per heavy atom. The van der Waals surface area contributed by atoms with Gasteiger partial charge in [0.1, 0.15) is 0 Å². The molecule has 2 nitrogen and oxygen atoms in total. The molecule has 0 unspecified atom stereocenters. The van der Waals surface area contributed by atoms with Gasteiger partial charge in [0.15, 0.2) is 23.2 Å². The maximum atomic E-state index is 14.7. The zero-order valence-electron chi connectivity index (χ0n) is 20.1. The van der Waals surface area contributed by atoms with Gasteiger partial charge in [0.05, 0.1) is 5.56 Å². The van der Waals surface area contributed by atoms with E-state index < -0.39 is 35.0 Å². The molecule has 0 amide bonds. The van der Waals surface area contributed by atoms with Gasteiger partial charge in [-0.2, -0.15) is 4.39 Å². The van der Waals surface area contributed by atoms with Crippen molar-refractivity contribution in [3.8, 4) is 16.9 Å². The predicted molar refractivity (Wildman–Crippen MR) is 130 cm³/mol. The van der Waals surface area contributed by atoms with Crippen molar-refractivity contribution < 1.29 is 27.1 Å². The molecule has 3 aromatic rings. The summed E-state index contributed by atoms with van der Waals surface area (Å²) in [7, 11) is 0. The molecule has 0 bridgehead atoms. The van der Waals surface area contributed by atoms with Gasteiger partial charge >= 0.3 is 5.97 Å². The van der Waals surface area contributed by atoms with E-state index in [1.165, 1.54) is 42.5 Å². The molecule has 0 aliphatic heterocycles. The van der Waals surface area contributed by atoms with Crippen LogP contribution >= 0.6 is 0 Å². The van der Waals surface area contributed by atoms with E-state index >= 15 is 0 Å². The van der Waals surface area contributed by atoms with Crippen LogP contribution in [0.1, 0.15) is 73.9 Å². The molecule has 35 heavy (non-hydrogen) atoms. The average Bonchev–Trinajstić information content (AvgIpc) is 2.86. The summed E-state index contributed by atoms with van der Waals surface area (Å²) >= 11 is 0. The van der Waals surface area contributed by atoms with E-state index in [1.807, 2.05) is 13.8 Å². The molecule has 0 aliphatic rings. The van der Waals surface area contributed by atoms with E-state index in [-0.39, 0.29) is 16.7 Å². The summed E-state index contributed by atoms with van der Waals surface area (Å²) in [5.41, 5.74) is 1.11. The first-order chi connectivity index (χ1) is 16.9. The monoisotopic (exact) mass is 486 g/mol. The minimum Gasteiger partial charge on any atom is -0.420 e. The Morgan fingerprint density at radius 3 is 1.77 bits per heavy atom. The summed E-state index contributed by atoms with van der Waals surface area (Å²) in [6.07, 6.45) is 6.21. The third-order valence-corrected chi connectivity index (χ3v) is 6.02. The highest BCUT2D eigenvalue weighted by Crippen LogP contribution is 2.29. The Hall–Kier alpha value is -3.15. The minimum absolute atomic E-state index is 0.0673. The SMILES string of the molecule is CCCCCc1ccc(OC(=O)c2ccc(-c3ccc(CCCCC)c(F)c3F)cc2)c(F)c1F. The molecule has 3 rings (SSSR count). The number of aryl methyl sites for hydroxylation is 2. The maximum Gasteiger partial charge on any atom is 0.343 e. The van der Waals surface area contributed by atoms with Crippen molar-refractivity contribution in [2.24, 2.45) is 0 Å². The highest BCUT2D eigenvalue weighted by molar-refractivity contribution is 5.91. The number of rotatable bonds is 11. The van der Waals surface area contributed by atoms with Crippen LogP contribution in [0.3, 0.4) is 0 Å². The van der Waals surface area contributed by atoms with Crippen LogP contribution < -0.4 is 4.74 Å². The van der Waals surface area contributed by atoms with Crippen LogP contribution in [0, 0.1) is 23.3 Å². The summed E-state index contributed by atoms with van der Waals surface area (Å²) < 4.78 is 63.0. The molecule has 0 aromatic heterocycles. The van der Waals surface area contributed by atoms with Gasteiger partial charge < -0.3 is 4.74 Å². The summed E-state index contributed by atoms with van der Waals surface area (Å²) in [6, 6.07) is 11.4. The lowest BCUT2D eigenvalue weighted by atomic mass is 9.99. The first-order valence-electron chi connectivity index (χ1n) is 12.1. The highest BCUT2D eigenvalue weighted by Gasteiger charge is 2.19. The minimum atomic E-state index is -1.21. The van der Waals surface area contributed by atoms with Gasteiger partial charge in [0, 0.05) is 5.56 Å². The van der Waals surface area contributed by atoms with Gasteiger partial charge in [-0.3, -0.25) is 0 Å². The van der Waals surface area contributed by atoms with Crippen molar-refractivity contribution >= 4 is 5.97 Å². The van der Waals surface area contributed by atoms with Crippen LogP contribution in [0.25, 0.3) is 11.1 Å². The molecule has 0 heterocycles. The van der Waals surface area contributed by atoms with Crippen LogP contribution in [0.5, 0.6) is 5.75 Å². The van der Waals surface area contributed by atoms with Crippen molar-refractivity contribution in [3.63, 3.8) is 0 Å². The molecule has 3 aromatic carbocycles. The standard InChI is InChI=1S/C29H30F4O2/c1-3-5-7-9-20-15-17-23(27(32)25(20)30)19-11-13-22(14-12-19)29(34)35-24-18-16-21(10-8-6-4-2)26(31)28(24)33/h11-18H,3-10H2,1-2H3. The van der Waals surface area contributed by atoms with Gasteiger partial charge in [-0.05, 0) is 60.6 Å². The molecular weight excluding hydrogens is 456 g/mol. The molecule has 0 saturated heterocycles. The van der Waals surface area contributed by atoms with Crippen molar-refractivity contribution in [2.45, 2.75) is 65.2 Å². The molecule has 186 valence electrons. The number of esters is 1. The van der Waals surface area contributed by atoms with Crippen LogP contribution in [0.4, 0.5) is 17.6 Å². The van der Waals surface area contributed by atoms with E-state index in [0.717, 1.165) is 38.5 Å². The van der Waals surface area contributed by atoms with Gasteiger partial charge in [0.25, 0.3) is 0 Å². The molecule has 0 aliphatic carbocycles. The summed E-state index contributed by atoms with van der Waals surface area (Å²) in [4.78, 5) is 12.5. The number of carbonyl (C=O) groups excluding carboxylic acids is 1. The molecule has 0 spiro atoms. The van der Waals surface area contributed by atoms with Crippen LogP contribution in [0.2, 0.25) is 0 Å². The largest absolute Gasteiger partial charge is 0.420 e. The fraction of sp³-hybridized carbons (Fsp3) is 0.345. The lowest BCUT2D eigenvalue weighted by molar-refractivity contribution is 0.0726. The fourth-order valence-electron chi connectivity index (χ4n) is 3.92. The number of unbranched alkanes of at least 4 members (excludes halogenated alkanes) is 4. The molecule has 0 saturated carbocycles. The predicted octanol–water partition coefficient (Wildman–Crippen LogP) is 8.59. The van der Waals surface area contributed by atoms with Gasteiger partial charge in [-0.25, -0.2) is 18.0 Å². The Kier molecular flexibility index (Phi) is 9.47. The molecule has 0 N–H and O–H groups in total. The van der Waals surface area contributed by atoms with E-state index in [1.54, 1.807) is 6.07 Å². The lowest BCUT2D eigenvalue weighted by Gasteiger charge is -2.11. The van der Waals surface area contributed by atoms with Gasteiger partial charge in [-0.15, -0.1) is 0 Å². The first-order valence-corrected chi connectivity index (χ1v) is 12.1. The second kappa shape index (κ2) is 12.5. The van der Waals surface area contributed by atoms with Crippen molar-refractivity contribution in [2.75, 3.05) is 0 Å². The van der Waals surface area contributed by atoms with Crippen molar-refractivity contribution in [1.29, 1.82) is 0 Å². The first kappa shape index (κ1) is 26.5. The quantitative estimate of drug-likeness (QED) is 0.117. The zero-order chi connectivity index (χ0) is 25.4. The third kappa shape index (κ3) is 6.50. The molecular formula is C29H30F4O2. The molecule has 0 fully saturated rings. The Balaban J connectivity index is 1.72. The number of hydrogen-bond donors (Lipinski definition) is 0. The zero-order valence-corrected chi connectivity index (χ0v) is 20.1. The summed E-state index contributed by atoms with van der Waals surface area (Å²) in [5.74, 6) is -5.41. The van der Waals surface area contributed by atoms with Gasteiger partial charge in [-0.1, -0.05) is 69.9 Å². The molecule has 0 radical (unpaired) electrons. The van der Waals surface area contributed by atoms with Crippen molar-refractivity contribution in [3.05, 3.63) is 88.5 Å². The molecule has 6 heteroatoms. The smallest absolute Gasteiger partial charge is 0.343 e. The lowest BCUT2D eigenvalue weighted by Crippen LogP contribution is -2.10. The number of halogens is 4. The fourth-order valence-corrected chi connectivity index (χ4v) is 3.92. The maximum absolute atomic E-state index is 14.7. The topological polar surface area (TPSA) is 26.3 Å². The second-order valence-electron chi connectivity index (χ2n) is 8.63. The summed E-state index contributed by atoms with van der Waals surface area (Å²) in [5, 5.41) is 0. The molecule has 0 atom stereocenters. The summed E-state index contributed by atoms with van der Waals surface area (Å²) in [6.45, 7) is 4.06. The average molecular weight is 487 g/mol.